The topological polar surface area (TPSA) is 55.0 Å². The third-order valence-electron chi connectivity index (χ3n) is 4.78. The van der Waals surface area contributed by atoms with E-state index in [4.69, 9.17) is 17.3 Å². The van der Waals surface area contributed by atoms with Crippen molar-refractivity contribution in [2.75, 3.05) is 19.6 Å². The molecule has 0 radical (unpaired) electrons. The van der Waals surface area contributed by atoms with Crippen molar-refractivity contribution in [2.45, 2.75) is 45.6 Å². The molecule has 2 rings (SSSR count). The fourth-order valence-corrected chi connectivity index (χ4v) is 3.22. The highest BCUT2D eigenvalue weighted by molar-refractivity contribution is 6.29. The standard InChI is InChI=1S/C18H27ClN4/c1-3-23(4-2)13-5-6-14-7-9-15(10-8-14)18(20)16-11-12-17(19)22-21-16/h11-12,14-15,18H,3-4,7-10,13,20H2,1-2H3. The molecule has 1 unspecified atom stereocenters. The van der Waals surface area contributed by atoms with Crippen LogP contribution in [0.5, 0.6) is 0 Å². The molecule has 1 fully saturated rings. The number of aromatic nitrogens is 2. The van der Waals surface area contributed by atoms with Gasteiger partial charge in [0.25, 0.3) is 0 Å². The molecule has 4 nitrogen and oxygen atoms in total. The second-order valence-corrected chi connectivity index (χ2v) is 6.59. The SMILES string of the molecule is CCN(CC)CC#CC1CCC(C(N)c2ccc(Cl)nn2)CC1. The molecule has 1 saturated carbocycles. The highest BCUT2D eigenvalue weighted by atomic mass is 35.5. The third kappa shape index (κ3) is 5.46. The van der Waals surface area contributed by atoms with Gasteiger partial charge in [-0.15, -0.1) is 5.10 Å². The lowest BCUT2D eigenvalue weighted by atomic mass is 9.78. The predicted octanol–water partition coefficient (Wildman–Crippen LogP) is 3.28. The Bertz CT molecular complexity index is 522. The van der Waals surface area contributed by atoms with E-state index in [0.29, 0.717) is 17.0 Å². The Kier molecular flexibility index (Phi) is 7.29. The van der Waals surface area contributed by atoms with Crippen LogP contribution < -0.4 is 5.73 Å². The minimum absolute atomic E-state index is 0.0515. The van der Waals surface area contributed by atoms with Crippen LogP contribution in [0.4, 0.5) is 0 Å². The van der Waals surface area contributed by atoms with Crippen molar-refractivity contribution in [1.29, 1.82) is 0 Å². The maximum absolute atomic E-state index is 6.35. The van der Waals surface area contributed by atoms with Gasteiger partial charge in [-0.05, 0) is 56.8 Å². The average Bonchev–Trinajstić information content (AvgIpc) is 2.59. The van der Waals surface area contributed by atoms with Crippen LogP contribution in [0.1, 0.15) is 51.3 Å². The van der Waals surface area contributed by atoms with Crippen LogP contribution in [0.3, 0.4) is 0 Å². The Morgan fingerprint density at radius 3 is 2.48 bits per heavy atom. The van der Waals surface area contributed by atoms with Crippen molar-refractivity contribution in [2.24, 2.45) is 17.6 Å². The van der Waals surface area contributed by atoms with Crippen molar-refractivity contribution < 1.29 is 0 Å². The monoisotopic (exact) mass is 334 g/mol. The summed E-state index contributed by atoms with van der Waals surface area (Å²) in [7, 11) is 0. The van der Waals surface area contributed by atoms with Crippen molar-refractivity contribution in [3.05, 3.63) is 23.0 Å². The molecule has 0 spiro atoms. The van der Waals surface area contributed by atoms with E-state index in [1.807, 2.05) is 6.07 Å². The largest absolute Gasteiger partial charge is 0.322 e. The maximum atomic E-state index is 6.35. The summed E-state index contributed by atoms with van der Waals surface area (Å²) >= 11 is 5.78. The van der Waals surface area contributed by atoms with Gasteiger partial charge < -0.3 is 5.73 Å². The Labute approximate surface area is 144 Å². The van der Waals surface area contributed by atoms with Crippen molar-refractivity contribution >= 4 is 11.6 Å². The summed E-state index contributed by atoms with van der Waals surface area (Å²) in [5.74, 6) is 7.78. The van der Waals surface area contributed by atoms with E-state index < -0.39 is 0 Å². The lowest BCUT2D eigenvalue weighted by Crippen LogP contribution is -2.27. The van der Waals surface area contributed by atoms with E-state index in [2.05, 4.69) is 40.8 Å². The summed E-state index contributed by atoms with van der Waals surface area (Å²) < 4.78 is 0. The molecule has 1 aliphatic carbocycles. The summed E-state index contributed by atoms with van der Waals surface area (Å²) in [6.07, 6.45) is 4.47. The van der Waals surface area contributed by atoms with Crippen molar-refractivity contribution in [3.8, 4) is 11.8 Å². The van der Waals surface area contributed by atoms with E-state index in [9.17, 15) is 0 Å². The molecule has 0 amide bonds. The highest BCUT2D eigenvalue weighted by Crippen LogP contribution is 2.34. The molecule has 0 bridgehead atoms. The minimum atomic E-state index is -0.0515. The number of halogens is 1. The highest BCUT2D eigenvalue weighted by Gasteiger charge is 2.26. The molecule has 1 aliphatic rings. The molecule has 1 atom stereocenters. The fourth-order valence-electron chi connectivity index (χ4n) is 3.12. The second-order valence-electron chi connectivity index (χ2n) is 6.20. The lowest BCUT2D eigenvalue weighted by molar-refractivity contribution is 0.272. The first kappa shape index (κ1) is 18.2. The quantitative estimate of drug-likeness (QED) is 0.839. The number of nitrogens with two attached hydrogens (primary N) is 1. The van der Waals surface area contributed by atoms with Gasteiger partial charge in [-0.3, -0.25) is 4.90 Å². The molecule has 1 aromatic rings. The Morgan fingerprint density at radius 2 is 1.91 bits per heavy atom. The molecular formula is C18H27ClN4. The zero-order valence-corrected chi connectivity index (χ0v) is 14.9. The average molecular weight is 335 g/mol. The van der Waals surface area contributed by atoms with Gasteiger partial charge in [-0.25, -0.2) is 0 Å². The van der Waals surface area contributed by atoms with Crippen molar-refractivity contribution in [1.82, 2.24) is 15.1 Å². The van der Waals surface area contributed by atoms with Crippen LogP contribution in [-0.4, -0.2) is 34.7 Å². The molecule has 126 valence electrons. The smallest absolute Gasteiger partial charge is 0.151 e. The van der Waals surface area contributed by atoms with Crippen LogP contribution in [-0.2, 0) is 0 Å². The van der Waals surface area contributed by atoms with Gasteiger partial charge in [-0.2, -0.15) is 5.10 Å². The van der Waals surface area contributed by atoms with Crippen LogP contribution >= 0.6 is 11.6 Å². The molecule has 2 N–H and O–H groups in total. The Hall–Kier alpha value is -1.15. The fraction of sp³-hybridized carbons (Fsp3) is 0.667. The van der Waals surface area contributed by atoms with Crippen LogP contribution in [0, 0.1) is 23.7 Å². The number of rotatable bonds is 5. The zero-order chi connectivity index (χ0) is 16.7. The van der Waals surface area contributed by atoms with E-state index in [0.717, 1.165) is 51.0 Å². The van der Waals surface area contributed by atoms with Gasteiger partial charge in [0.05, 0.1) is 18.3 Å². The Balaban J connectivity index is 1.81. The van der Waals surface area contributed by atoms with E-state index in [-0.39, 0.29) is 6.04 Å². The normalized spacial score (nSPS) is 22.5. The summed E-state index contributed by atoms with van der Waals surface area (Å²) in [4.78, 5) is 2.34. The first-order valence-electron chi connectivity index (χ1n) is 8.59. The molecule has 23 heavy (non-hydrogen) atoms. The van der Waals surface area contributed by atoms with Crippen LogP contribution in [0.15, 0.2) is 12.1 Å². The van der Waals surface area contributed by atoms with Gasteiger partial charge in [0.2, 0.25) is 0 Å². The third-order valence-corrected chi connectivity index (χ3v) is 4.98. The number of hydrogen-bond acceptors (Lipinski definition) is 4. The number of nitrogens with zero attached hydrogens (tertiary/aromatic N) is 3. The molecule has 5 heteroatoms. The molecular weight excluding hydrogens is 308 g/mol. The van der Waals surface area contributed by atoms with Gasteiger partial charge in [0.15, 0.2) is 5.15 Å². The molecule has 0 aromatic carbocycles. The van der Waals surface area contributed by atoms with Crippen molar-refractivity contribution in [3.63, 3.8) is 0 Å². The molecule has 0 aliphatic heterocycles. The molecule has 1 aromatic heterocycles. The van der Waals surface area contributed by atoms with Crippen LogP contribution in [0.2, 0.25) is 5.15 Å². The maximum Gasteiger partial charge on any atom is 0.151 e. The summed E-state index contributed by atoms with van der Waals surface area (Å²) in [6, 6.07) is 3.59. The molecule has 0 saturated heterocycles. The van der Waals surface area contributed by atoms with Gasteiger partial charge in [0, 0.05) is 5.92 Å². The summed E-state index contributed by atoms with van der Waals surface area (Å²) in [5.41, 5.74) is 7.19. The lowest BCUT2D eigenvalue weighted by Gasteiger charge is -2.29. The van der Waals surface area contributed by atoms with Gasteiger partial charge in [0.1, 0.15) is 0 Å². The summed E-state index contributed by atoms with van der Waals surface area (Å²) in [6.45, 7) is 7.37. The zero-order valence-electron chi connectivity index (χ0n) is 14.1. The molecule has 1 heterocycles. The van der Waals surface area contributed by atoms with E-state index in [1.54, 1.807) is 6.07 Å². The first-order valence-corrected chi connectivity index (χ1v) is 8.97. The predicted molar refractivity (Wildman–Crippen MR) is 95.0 cm³/mol. The van der Waals surface area contributed by atoms with Crippen LogP contribution in [0.25, 0.3) is 0 Å². The minimum Gasteiger partial charge on any atom is -0.322 e. The Morgan fingerprint density at radius 1 is 1.22 bits per heavy atom. The van der Waals surface area contributed by atoms with E-state index >= 15 is 0 Å². The van der Waals surface area contributed by atoms with Gasteiger partial charge >= 0.3 is 0 Å². The van der Waals surface area contributed by atoms with Gasteiger partial charge in [-0.1, -0.05) is 37.3 Å². The number of hydrogen-bond donors (Lipinski definition) is 1. The second kappa shape index (κ2) is 9.22. The van der Waals surface area contributed by atoms with E-state index in [1.165, 1.54) is 0 Å². The summed E-state index contributed by atoms with van der Waals surface area (Å²) in [5, 5.41) is 8.42. The first-order chi connectivity index (χ1) is 11.1.